The summed E-state index contributed by atoms with van der Waals surface area (Å²) < 4.78 is 10.3. The highest BCUT2D eigenvalue weighted by atomic mass is 16.5. The second kappa shape index (κ2) is 3.98. The molecule has 3 nitrogen and oxygen atoms in total. The Labute approximate surface area is 83.3 Å². The molecule has 0 amide bonds. The summed E-state index contributed by atoms with van der Waals surface area (Å²) in [5, 5.41) is 9.64. The molecule has 2 rings (SSSR count). The van der Waals surface area contributed by atoms with E-state index in [1.165, 1.54) is 0 Å². The average Bonchev–Trinajstić information content (AvgIpc) is 2.65. The maximum atomic E-state index is 9.64. The fourth-order valence-corrected chi connectivity index (χ4v) is 1.73. The Balaban J connectivity index is 2.22. The van der Waals surface area contributed by atoms with Gasteiger partial charge in [-0.05, 0) is 17.7 Å². The van der Waals surface area contributed by atoms with E-state index in [0.29, 0.717) is 13.2 Å². The van der Waals surface area contributed by atoms with Crippen molar-refractivity contribution < 1.29 is 14.6 Å². The Kier molecular flexibility index (Phi) is 2.70. The van der Waals surface area contributed by atoms with E-state index in [-0.39, 0.29) is 12.0 Å². The van der Waals surface area contributed by atoms with E-state index >= 15 is 0 Å². The van der Waals surface area contributed by atoms with E-state index < -0.39 is 0 Å². The number of benzene rings is 1. The van der Waals surface area contributed by atoms with Gasteiger partial charge >= 0.3 is 0 Å². The molecule has 1 fully saturated rings. The molecule has 1 saturated heterocycles. The van der Waals surface area contributed by atoms with Gasteiger partial charge in [-0.15, -0.1) is 0 Å². The molecule has 2 atom stereocenters. The summed E-state index contributed by atoms with van der Waals surface area (Å²) in [6.45, 7) is 1.02. The van der Waals surface area contributed by atoms with Crippen molar-refractivity contribution in [2.45, 2.75) is 12.0 Å². The Morgan fingerprint density at radius 1 is 1.43 bits per heavy atom. The van der Waals surface area contributed by atoms with Crippen LogP contribution in [0.4, 0.5) is 0 Å². The van der Waals surface area contributed by atoms with Crippen LogP contribution in [0.1, 0.15) is 11.5 Å². The molecule has 0 bridgehead atoms. The monoisotopic (exact) mass is 194 g/mol. The first-order valence-electron chi connectivity index (χ1n) is 4.71. The summed E-state index contributed by atoms with van der Waals surface area (Å²) in [5.41, 5.74) is 1.08. The first kappa shape index (κ1) is 9.49. The van der Waals surface area contributed by atoms with E-state index in [9.17, 15) is 5.11 Å². The molecule has 1 aromatic rings. The van der Waals surface area contributed by atoms with E-state index in [1.54, 1.807) is 7.11 Å². The van der Waals surface area contributed by atoms with Crippen LogP contribution in [0.25, 0.3) is 0 Å². The van der Waals surface area contributed by atoms with Gasteiger partial charge in [0.15, 0.2) is 0 Å². The van der Waals surface area contributed by atoms with Gasteiger partial charge in [-0.3, -0.25) is 0 Å². The summed E-state index contributed by atoms with van der Waals surface area (Å²) in [6.07, 6.45) is -0.387. The molecule has 1 aliphatic rings. The molecule has 1 heterocycles. The fraction of sp³-hybridized carbons (Fsp3) is 0.455. The first-order chi connectivity index (χ1) is 6.81. The number of hydrogen-bond donors (Lipinski definition) is 1. The minimum atomic E-state index is -0.387. The SMILES string of the molecule is COc1cccc(C2COCC2O)c1. The molecule has 0 aliphatic carbocycles. The average molecular weight is 194 g/mol. The second-order valence-corrected chi connectivity index (χ2v) is 3.49. The zero-order valence-electron chi connectivity index (χ0n) is 8.14. The summed E-state index contributed by atoms with van der Waals surface area (Å²) in [5.74, 6) is 0.909. The number of methoxy groups -OCH3 is 1. The molecule has 1 N–H and O–H groups in total. The van der Waals surface area contributed by atoms with Crippen molar-refractivity contribution in [2.75, 3.05) is 20.3 Å². The Hall–Kier alpha value is -1.06. The van der Waals surface area contributed by atoms with E-state index in [1.807, 2.05) is 24.3 Å². The predicted octanol–water partition coefficient (Wildman–Crippen LogP) is 1.17. The molecular weight excluding hydrogens is 180 g/mol. The number of rotatable bonds is 2. The highest BCUT2D eigenvalue weighted by Crippen LogP contribution is 2.27. The molecule has 2 unspecified atom stereocenters. The van der Waals surface area contributed by atoms with Crippen molar-refractivity contribution in [3.63, 3.8) is 0 Å². The molecule has 0 saturated carbocycles. The lowest BCUT2D eigenvalue weighted by Gasteiger charge is -2.13. The minimum Gasteiger partial charge on any atom is -0.497 e. The van der Waals surface area contributed by atoms with Crippen molar-refractivity contribution in [1.29, 1.82) is 0 Å². The topological polar surface area (TPSA) is 38.7 Å². The van der Waals surface area contributed by atoms with Crippen LogP contribution in [0.2, 0.25) is 0 Å². The van der Waals surface area contributed by atoms with Gasteiger partial charge in [0.2, 0.25) is 0 Å². The maximum absolute atomic E-state index is 9.64. The molecule has 0 aromatic heterocycles. The van der Waals surface area contributed by atoms with Gasteiger partial charge in [0.25, 0.3) is 0 Å². The third-order valence-electron chi connectivity index (χ3n) is 2.57. The van der Waals surface area contributed by atoms with Crippen LogP contribution < -0.4 is 4.74 Å². The lowest BCUT2D eigenvalue weighted by atomic mass is 9.96. The van der Waals surface area contributed by atoms with Gasteiger partial charge in [-0.25, -0.2) is 0 Å². The van der Waals surface area contributed by atoms with Crippen molar-refractivity contribution in [3.05, 3.63) is 29.8 Å². The van der Waals surface area contributed by atoms with Crippen molar-refractivity contribution >= 4 is 0 Å². The predicted molar refractivity (Wildman–Crippen MR) is 52.6 cm³/mol. The van der Waals surface area contributed by atoms with Crippen LogP contribution >= 0.6 is 0 Å². The normalized spacial score (nSPS) is 26.4. The van der Waals surface area contributed by atoms with Crippen LogP contribution in [0, 0.1) is 0 Å². The highest BCUT2D eigenvalue weighted by Gasteiger charge is 2.27. The third-order valence-corrected chi connectivity index (χ3v) is 2.57. The molecule has 1 aromatic carbocycles. The standard InChI is InChI=1S/C11H14O3/c1-13-9-4-2-3-8(5-9)10-6-14-7-11(10)12/h2-5,10-12H,6-7H2,1H3. The minimum absolute atomic E-state index is 0.0881. The third kappa shape index (κ3) is 1.74. The van der Waals surface area contributed by atoms with Gasteiger partial charge in [-0.2, -0.15) is 0 Å². The van der Waals surface area contributed by atoms with Gasteiger partial charge in [-0.1, -0.05) is 12.1 Å². The molecule has 1 aliphatic heterocycles. The summed E-state index contributed by atoms with van der Waals surface area (Å²) in [4.78, 5) is 0. The van der Waals surface area contributed by atoms with Crippen LogP contribution in [0.5, 0.6) is 5.75 Å². The van der Waals surface area contributed by atoms with Crippen LogP contribution in [-0.2, 0) is 4.74 Å². The quantitative estimate of drug-likeness (QED) is 0.768. The number of ether oxygens (including phenoxy) is 2. The smallest absolute Gasteiger partial charge is 0.119 e. The fourth-order valence-electron chi connectivity index (χ4n) is 1.73. The molecule has 0 spiro atoms. The molecule has 14 heavy (non-hydrogen) atoms. The van der Waals surface area contributed by atoms with E-state index in [0.717, 1.165) is 11.3 Å². The zero-order chi connectivity index (χ0) is 9.97. The molecule has 0 radical (unpaired) electrons. The Morgan fingerprint density at radius 2 is 2.29 bits per heavy atom. The van der Waals surface area contributed by atoms with Gasteiger partial charge in [0.1, 0.15) is 5.75 Å². The summed E-state index contributed by atoms with van der Waals surface area (Å²) in [6, 6.07) is 7.76. The summed E-state index contributed by atoms with van der Waals surface area (Å²) in [7, 11) is 1.64. The maximum Gasteiger partial charge on any atom is 0.119 e. The number of aliphatic hydroxyl groups is 1. The van der Waals surface area contributed by atoms with Crippen molar-refractivity contribution in [1.82, 2.24) is 0 Å². The highest BCUT2D eigenvalue weighted by molar-refractivity contribution is 5.31. The Morgan fingerprint density at radius 3 is 2.93 bits per heavy atom. The molecular formula is C11H14O3. The largest absolute Gasteiger partial charge is 0.497 e. The first-order valence-corrected chi connectivity index (χ1v) is 4.71. The molecule has 3 heteroatoms. The van der Waals surface area contributed by atoms with Gasteiger partial charge in [0, 0.05) is 5.92 Å². The number of aliphatic hydroxyl groups excluding tert-OH is 1. The van der Waals surface area contributed by atoms with Crippen LogP contribution in [0.3, 0.4) is 0 Å². The van der Waals surface area contributed by atoms with Gasteiger partial charge in [0.05, 0.1) is 26.4 Å². The Bertz CT molecular complexity index is 311. The lowest BCUT2D eigenvalue weighted by Crippen LogP contribution is -2.15. The van der Waals surface area contributed by atoms with Crippen molar-refractivity contribution in [2.24, 2.45) is 0 Å². The van der Waals surface area contributed by atoms with Crippen LogP contribution in [-0.4, -0.2) is 31.5 Å². The zero-order valence-corrected chi connectivity index (χ0v) is 8.14. The van der Waals surface area contributed by atoms with E-state index in [4.69, 9.17) is 9.47 Å². The van der Waals surface area contributed by atoms with Gasteiger partial charge < -0.3 is 14.6 Å². The number of hydrogen-bond acceptors (Lipinski definition) is 3. The summed E-state index contributed by atoms with van der Waals surface area (Å²) >= 11 is 0. The lowest BCUT2D eigenvalue weighted by molar-refractivity contribution is 0.124. The van der Waals surface area contributed by atoms with E-state index in [2.05, 4.69) is 0 Å². The molecule has 76 valence electrons. The second-order valence-electron chi connectivity index (χ2n) is 3.49. The van der Waals surface area contributed by atoms with Crippen LogP contribution in [0.15, 0.2) is 24.3 Å². The van der Waals surface area contributed by atoms with Crippen molar-refractivity contribution in [3.8, 4) is 5.75 Å².